The van der Waals surface area contributed by atoms with Gasteiger partial charge in [0, 0.05) is 19.6 Å². The fourth-order valence-corrected chi connectivity index (χ4v) is 6.16. The smallest absolute Gasteiger partial charge is 0.399 e. The van der Waals surface area contributed by atoms with Crippen molar-refractivity contribution in [3.63, 3.8) is 0 Å². The molecule has 0 aliphatic carbocycles. The van der Waals surface area contributed by atoms with E-state index in [2.05, 4.69) is 91.8 Å². The summed E-state index contributed by atoms with van der Waals surface area (Å²) in [6, 6.07) is 13.0. The van der Waals surface area contributed by atoms with Gasteiger partial charge in [-0.2, -0.15) is 0 Å². The molecule has 0 spiro atoms. The topological polar surface area (TPSA) is 36.9 Å². The predicted octanol–water partition coefficient (Wildman–Crippen LogP) is 4.90. The molecule has 0 saturated carbocycles. The van der Waals surface area contributed by atoms with E-state index >= 15 is 0 Å². The van der Waals surface area contributed by atoms with Crippen molar-refractivity contribution >= 4 is 48.7 Å². The van der Waals surface area contributed by atoms with E-state index in [1.807, 2.05) is 0 Å². The minimum absolute atomic E-state index is 0.347. The van der Waals surface area contributed by atoms with Crippen molar-refractivity contribution in [2.24, 2.45) is 0 Å². The number of hydrogen-bond acceptors (Lipinski definition) is 6. The number of hydrogen-bond donors (Lipinski definition) is 0. The van der Waals surface area contributed by atoms with Gasteiger partial charge < -0.3 is 18.6 Å². The highest BCUT2D eigenvalue weighted by Crippen LogP contribution is 2.48. The first-order valence-electron chi connectivity index (χ1n) is 11.1. The van der Waals surface area contributed by atoms with Crippen LogP contribution in [0.15, 0.2) is 56.0 Å². The third-order valence-corrected chi connectivity index (χ3v) is 9.95. The van der Waals surface area contributed by atoms with E-state index in [1.54, 1.807) is 23.5 Å². The van der Waals surface area contributed by atoms with Gasteiger partial charge in [-0.25, -0.2) is 0 Å². The van der Waals surface area contributed by atoms with Gasteiger partial charge in [0.15, 0.2) is 0 Å². The first-order chi connectivity index (χ1) is 14.8. The van der Waals surface area contributed by atoms with Gasteiger partial charge in [0.25, 0.3) is 0 Å². The normalized spacial score (nSPS) is 24.4. The Hall–Kier alpha value is -0.890. The van der Waals surface area contributed by atoms with Crippen molar-refractivity contribution in [2.75, 3.05) is 0 Å². The lowest BCUT2D eigenvalue weighted by molar-refractivity contribution is 0.00578. The lowest BCUT2D eigenvalue weighted by Gasteiger charge is -2.32. The molecule has 8 heteroatoms. The highest BCUT2D eigenvalue weighted by molar-refractivity contribution is 8.05. The van der Waals surface area contributed by atoms with Crippen molar-refractivity contribution in [2.45, 2.75) is 97.4 Å². The maximum atomic E-state index is 6.26. The summed E-state index contributed by atoms with van der Waals surface area (Å²) in [6.45, 7) is 16.7. The zero-order valence-corrected chi connectivity index (χ0v) is 21.7. The highest BCUT2D eigenvalue weighted by atomic mass is 32.2. The van der Waals surface area contributed by atoms with Crippen LogP contribution in [0.3, 0.4) is 0 Å². The summed E-state index contributed by atoms with van der Waals surface area (Å²) in [4.78, 5) is 4.96. The fourth-order valence-electron chi connectivity index (χ4n) is 3.87. The van der Waals surface area contributed by atoms with E-state index in [-0.39, 0.29) is 36.6 Å². The Morgan fingerprint density at radius 1 is 0.500 bits per heavy atom. The molecule has 168 valence electrons. The lowest BCUT2D eigenvalue weighted by Crippen LogP contribution is -2.41. The molecule has 3 heterocycles. The van der Waals surface area contributed by atoms with Crippen LogP contribution in [0, 0.1) is 0 Å². The largest absolute Gasteiger partial charge is 0.494 e. The van der Waals surface area contributed by atoms with Gasteiger partial charge >= 0.3 is 14.2 Å². The van der Waals surface area contributed by atoms with E-state index in [0.29, 0.717) is 0 Å². The summed E-state index contributed by atoms with van der Waals surface area (Å²) in [7, 11) is -0.707. The Morgan fingerprint density at radius 3 is 1.16 bits per heavy atom. The highest BCUT2D eigenvalue weighted by Gasteiger charge is 2.53. The number of benzene rings is 2. The molecule has 2 saturated heterocycles. The zero-order chi connectivity index (χ0) is 23.1. The quantitative estimate of drug-likeness (QED) is 0.499. The summed E-state index contributed by atoms with van der Waals surface area (Å²) >= 11 is 3.58. The molecule has 0 bridgehead atoms. The zero-order valence-electron chi connectivity index (χ0n) is 20.1. The maximum Gasteiger partial charge on any atom is 0.494 e. The summed E-state index contributed by atoms with van der Waals surface area (Å²) < 4.78 is 25.1. The van der Waals surface area contributed by atoms with Crippen LogP contribution in [0.1, 0.15) is 55.4 Å². The minimum atomic E-state index is -0.353. The second-order valence-corrected chi connectivity index (χ2v) is 13.0. The van der Waals surface area contributed by atoms with Crippen molar-refractivity contribution in [1.29, 1.82) is 0 Å². The Morgan fingerprint density at radius 2 is 0.812 bits per heavy atom. The summed E-state index contributed by atoms with van der Waals surface area (Å²) in [5, 5.41) is 0. The van der Waals surface area contributed by atoms with Crippen molar-refractivity contribution < 1.29 is 18.6 Å². The molecule has 3 aliphatic heterocycles. The molecule has 0 atom stereocenters. The Bertz CT molecular complexity index is 968. The molecule has 0 aromatic heterocycles. The van der Waals surface area contributed by atoms with Crippen LogP contribution in [0.4, 0.5) is 0 Å². The van der Waals surface area contributed by atoms with Crippen LogP contribution in [0.5, 0.6) is 0 Å². The van der Waals surface area contributed by atoms with Crippen LogP contribution in [-0.4, -0.2) is 36.6 Å². The SMILES string of the molecule is CC1(C)OB(c2ccc3c(c2)Sc2cc(B4OC(C)(C)C(C)(C)O4)ccc2S3)OC1(C)C. The van der Waals surface area contributed by atoms with E-state index in [4.69, 9.17) is 18.6 Å². The van der Waals surface area contributed by atoms with Crippen molar-refractivity contribution in [3.05, 3.63) is 36.4 Å². The van der Waals surface area contributed by atoms with Gasteiger partial charge in [0.2, 0.25) is 0 Å². The molecule has 3 aliphatic rings. The summed E-state index contributed by atoms with van der Waals surface area (Å²) in [5.74, 6) is 0. The van der Waals surface area contributed by atoms with Gasteiger partial charge in [0.05, 0.1) is 22.4 Å². The second-order valence-electron chi connectivity index (χ2n) is 10.8. The molecule has 4 nitrogen and oxygen atoms in total. The van der Waals surface area contributed by atoms with Gasteiger partial charge in [-0.3, -0.25) is 0 Å². The van der Waals surface area contributed by atoms with E-state index in [0.717, 1.165) is 10.9 Å². The summed E-state index contributed by atoms with van der Waals surface area (Å²) in [6.07, 6.45) is 0. The molecule has 32 heavy (non-hydrogen) atoms. The molecular formula is C24H30B2O4S2. The fraction of sp³-hybridized carbons (Fsp3) is 0.500. The van der Waals surface area contributed by atoms with Crippen LogP contribution >= 0.6 is 23.5 Å². The Labute approximate surface area is 200 Å². The van der Waals surface area contributed by atoms with Crippen LogP contribution in [-0.2, 0) is 18.6 Å². The molecule has 2 aromatic carbocycles. The molecule has 0 unspecified atom stereocenters. The Kier molecular flexibility index (Phi) is 5.22. The third-order valence-electron chi connectivity index (χ3n) is 7.43. The second kappa shape index (κ2) is 7.30. The summed E-state index contributed by atoms with van der Waals surface area (Å²) in [5.41, 5.74) is 0.723. The third kappa shape index (κ3) is 3.68. The molecule has 2 aromatic rings. The molecular weight excluding hydrogens is 438 g/mol. The first kappa shape index (κ1) is 22.9. The van der Waals surface area contributed by atoms with Crippen LogP contribution in [0.2, 0.25) is 0 Å². The lowest BCUT2D eigenvalue weighted by atomic mass is 9.79. The molecule has 2 fully saturated rings. The van der Waals surface area contributed by atoms with Crippen LogP contribution < -0.4 is 10.9 Å². The average molecular weight is 468 g/mol. The van der Waals surface area contributed by atoms with Crippen LogP contribution in [0.25, 0.3) is 0 Å². The first-order valence-corrected chi connectivity index (χ1v) is 12.8. The van der Waals surface area contributed by atoms with E-state index < -0.39 is 0 Å². The maximum absolute atomic E-state index is 6.26. The average Bonchev–Trinajstić information content (AvgIpc) is 3.05. The standard InChI is InChI=1S/C24H30B2O4S2/c1-21(2)22(3,4)28-25(27-21)15-9-11-17-19(13-15)32-20-14-16(10-12-18(20)31-17)26-29-23(5,6)24(7,8)30-26/h9-14H,1-8H3. The number of fused-ring (bicyclic) bond motifs is 2. The minimum Gasteiger partial charge on any atom is -0.399 e. The van der Waals surface area contributed by atoms with Crippen molar-refractivity contribution in [1.82, 2.24) is 0 Å². The van der Waals surface area contributed by atoms with Gasteiger partial charge in [-0.05, 0) is 90.6 Å². The monoisotopic (exact) mass is 468 g/mol. The van der Waals surface area contributed by atoms with Gasteiger partial charge in [-0.1, -0.05) is 35.7 Å². The van der Waals surface area contributed by atoms with E-state index in [9.17, 15) is 0 Å². The van der Waals surface area contributed by atoms with Gasteiger partial charge in [0.1, 0.15) is 0 Å². The molecule has 0 amide bonds. The number of rotatable bonds is 2. The Balaban J connectivity index is 1.40. The molecule has 0 N–H and O–H groups in total. The van der Waals surface area contributed by atoms with E-state index in [1.165, 1.54) is 19.6 Å². The molecule has 0 radical (unpaired) electrons. The van der Waals surface area contributed by atoms with Gasteiger partial charge in [-0.15, -0.1) is 0 Å². The predicted molar refractivity (Wildman–Crippen MR) is 133 cm³/mol. The van der Waals surface area contributed by atoms with Crippen molar-refractivity contribution in [3.8, 4) is 0 Å². The molecule has 5 rings (SSSR count).